The first-order valence-electron chi connectivity index (χ1n) is 7.18. The molecule has 0 saturated heterocycles. The van der Waals surface area contributed by atoms with Crippen molar-refractivity contribution >= 4 is 10.1 Å². The smallest absolute Gasteiger partial charge is 0.297 e. The maximum absolute atomic E-state index is 11.9. The summed E-state index contributed by atoms with van der Waals surface area (Å²) < 4.78 is 39.2. The van der Waals surface area contributed by atoms with Crippen molar-refractivity contribution in [3.8, 4) is 0 Å². The van der Waals surface area contributed by atoms with Gasteiger partial charge in [-0.1, -0.05) is 24.6 Å². The largest absolute Gasteiger partial charge is 0.381 e. The van der Waals surface area contributed by atoms with Gasteiger partial charge in [-0.2, -0.15) is 8.42 Å². The molecule has 0 N–H and O–H groups in total. The molecule has 0 aliphatic rings. The van der Waals surface area contributed by atoms with Crippen molar-refractivity contribution in [1.82, 2.24) is 0 Å². The highest BCUT2D eigenvalue weighted by Gasteiger charge is 2.14. The molecule has 1 rings (SSSR count). The number of aryl methyl sites for hydroxylation is 1. The molecule has 5 nitrogen and oxygen atoms in total. The summed E-state index contributed by atoms with van der Waals surface area (Å²) in [6.45, 7) is 6.19. The van der Waals surface area contributed by atoms with Gasteiger partial charge in [0.2, 0.25) is 0 Å². The van der Waals surface area contributed by atoms with Crippen LogP contribution in [0.25, 0.3) is 0 Å². The molecule has 0 fully saturated rings. The summed E-state index contributed by atoms with van der Waals surface area (Å²) in [5.41, 5.74) is 1.00. The Hall–Kier alpha value is -0.950. The number of hydrogen-bond acceptors (Lipinski definition) is 5. The maximum Gasteiger partial charge on any atom is 0.297 e. The molecule has 0 radical (unpaired) electrons. The van der Waals surface area contributed by atoms with Crippen LogP contribution < -0.4 is 0 Å². The Kier molecular flexibility index (Phi) is 8.52. The SMILES string of the molecule is CCCOCCCOCCOS(=O)(=O)c1ccc(C)cc1. The van der Waals surface area contributed by atoms with Gasteiger partial charge in [0, 0.05) is 19.8 Å². The number of rotatable bonds is 11. The van der Waals surface area contributed by atoms with E-state index >= 15 is 0 Å². The van der Waals surface area contributed by atoms with E-state index in [-0.39, 0.29) is 18.1 Å². The zero-order valence-corrected chi connectivity index (χ0v) is 13.5. The monoisotopic (exact) mass is 316 g/mol. The molecule has 0 atom stereocenters. The van der Waals surface area contributed by atoms with Crippen LogP contribution in [0.1, 0.15) is 25.3 Å². The van der Waals surface area contributed by atoms with Gasteiger partial charge in [0.05, 0.1) is 18.1 Å². The van der Waals surface area contributed by atoms with Gasteiger partial charge in [0.15, 0.2) is 0 Å². The highest BCUT2D eigenvalue weighted by Crippen LogP contribution is 2.12. The van der Waals surface area contributed by atoms with E-state index in [2.05, 4.69) is 6.92 Å². The molecule has 6 heteroatoms. The molecule has 1 aromatic rings. The minimum absolute atomic E-state index is 0.0199. The highest BCUT2D eigenvalue weighted by atomic mass is 32.2. The second-order valence-electron chi connectivity index (χ2n) is 4.67. The van der Waals surface area contributed by atoms with Crippen molar-refractivity contribution in [3.63, 3.8) is 0 Å². The van der Waals surface area contributed by atoms with Crippen LogP contribution in [-0.2, 0) is 23.8 Å². The minimum atomic E-state index is -3.69. The van der Waals surface area contributed by atoms with Crippen LogP contribution in [0.15, 0.2) is 29.2 Å². The van der Waals surface area contributed by atoms with Gasteiger partial charge in [-0.05, 0) is 31.9 Å². The van der Waals surface area contributed by atoms with E-state index < -0.39 is 10.1 Å². The van der Waals surface area contributed by atoms with Crippen LogP contribution in [-0.4, -0.2) is 41.5 Å². The Balaban J connectivity index is 2.15. The first-order chi connectivity index (χ1) is 10.1. The molecular formula is C15H24O5S. The Morgan fingerprint density at radius 1 is 0.905 bits per heavy atom. The van der Waals surface area contributed by atoms with Crippen LogP contribution in [0, 0.1) is 6.92 Å². The lowest BCUT2D eigenvalue weighted by atomic mass is 10.2. The molecule has 0 heterocycles. The molecule has 0 bridgehead atoms. The van der Waals surface area contributed by atoms with E-state index in [4.69, 9.17) is 13.7 Å². The summed E-state index contributed by atoms with van der Waals surface area (Å²) >= 11 is 0. The van der Waals surface area contributed by atoms with Gasteiger partial charge in [-0.15, -0.1) is 0 Å². The molecule has 0 aliphatic carbocycles. The topological polar surface area (TPSA) is 61.8 Å². The summed E-state index contributed by atoms with van der Waals surface area (Å²) in [6, 6.07) is 6.55. The number of hydrogen-bond donors (Lipinski definition) is 0. The van der Waals surface area contributed by atoms with E-state index in [1.807, 2.05) is 6.92 Å². The third kappa shape index (κ3) is 7.57. The Bertz CT molecular complexity index is 481. The minimum Gasteiger partial charge on any atom is -0.381 e. The molecule has 0 aromatic heterocycles. The predicted octanol–water partition coefficient (Wildman–Crippen LogP) is 2.53. The summed E-state index contributed by atoms with van der Waals surface area (Å²) in [6.07, 6.45) is 1.80. The maximum atomic E-state index is 11.9. The van der Waals surface area contributed by atoms with Crippen LogP contribution in [0.2, 0.25) is 0 Å². The van der Waals surface area contributed by atoms with E-state index in [0.717, 1.165) is 25.0 Å². The van der Waals surface area contributed by atoms with Crippen molar-refractivity contribution in [3.05, 3.63) is 29.8 Å². The normalized spacial score (nSPS) is 11.7. The van der Waals surface area contributed by atoms with Crippen molar-refractivity contribution in [2.75, 3.05) is 33.0 Å². The first-order valence-corrected chi connectivity index (χ1v) is 8.58. The quantitative estimate of drug-likeness (QED) is 0.464. The average molecular weight is 316 g/mol. The molecule has 120 valence electrons. The number of benzene rings is 1. The molecule has 0 saturated carbocycles. The molecule has 0 aliphatic heterocycles. The average Bonchev–Trinajstić information content (AvgIpc) is 2.46. The Morgan fingerprint density at radius 2 is 1.52 bits per heavy atom. The van der Waals surface area contributed by atoms with Crippen LogP contribution in [0.4, 0.5) is 0 Å². The van der Waals surface area contributed by atoms with Gasteiger partial charge in [-0.25, -0.2) is 0 Å². The fourth-order valence-electron chi connectivity index (χ4n) is 1.59. The third-order valence-electron chi connectivity index (χ3n) is 2.70. The lowest BCUT2D eigenvalue weighted by molar-refractivity contribution is 0.0693. The number of ether oxygens (including phenoxy) is 2. The summed E-state index contributed by atoms with van der Waals surface area (Å²) in [4.78, 5) is 0.168. The Morgan fingerprint density at radius 3 is 2.14 bits per heavy atom. The van der Waals surface area contributed by atoms with Crippen molar-refractivity contribution in [1.29, 1.82) is 0 Å². The summed E-state index contributed by atoms with van der Waals surface area (Å²) in [5, 5.41) is 0. The second-order valence-corrected chi connectivity index (χ2v) is 6.28. The molecule has 21 heavy (non-hydrogen) atoms. The fraction of sp³-hybridized carbons (Fsp3) is 0.600. The molecule has 0 unspecified atom stereocenters. The zero-order chi connectivity index (χ0) is 15.6. The zero-order valence-electron chi connectivity index (χ0n) is 12.7. The lowest BCUT2D eigenvalue weighted by Crippen LogP contribution is -2.12. The van der Waals surface area contributed by atoms with Gasteiger partial charge in [0.25, 0.3) is 10.1 Å². The third-order valence-corrected chi connectivity index (χ3v) is 4.03. The summed E-state index contributed by atoms with van der Waals surface area (Å²) in [7, 11) is -3.69. The summed E-state index contributed by atoms with van der Waals surface area (Å²) in [5.74, 6) is 0. The predicted molar refractivity (Wildman–Crippen MR) is 80.9 cm³/mol. The van der Waals surface area contributed by atoms with Gasteiger partial charge in [-0.3, -0.25) is 4.18 Å². The molecule has 0 amide bonds. The highest BCUT2D eigenvalue weighted by molar-refractivity contribution is 7.86. The van der Waals surface area contributed by atoms with E-state index in [0.29, 0.717) is 13.2 Å². The lowest BCUT2D eigenvalue weighted by Gasteiger charge is -2.07. The van der Waals surface area contributed by atoms with Crippen molar-refractivity contribution < 1.29 is 22.1 Å². The van der Waals surface area contributed by atoms with Crippen molar-refractivity contribution in [2.24, 2.45) is 0 Å². The second kappa shape index (κ2) is 9.89. The molecule has 0 spiro atoms. The van der Waals surface area contributed by atoms with E-state index in [1.165, 1.54) is 12.1 Å². The van der Waals surface area contributed by atoms with Gasteiger partial charge in [0.1, 0.15) is 0 Å². The Labute approximate surface area is 127 Å². The van der Waals surface area contributed by atoms with E-state index in [1.54, 1.807) is 12.1 Å². The first kappa shape index (κ1) is 18.1. The van der Waals surface area contributed by atoms with Gasteiger partial charge >= 0.3 is 0 Å². The fourth-order valence-corrected chi connectivity index (χ4v) is 2.48. The standard InChI is InChI=1S/C15H24O5S/c1-3-9-18-10-4-11-19-12-13-20-21(16,17)15-7-5-14(2)6-8-15/h5-8H,3-4,9-13H2,1-2H3. The van der Waals surface area contributed by atoms with Crippen LogP contribution in [0.3, 0.4) is 0 Å². The van der Waals surface area contributed by atoms with Crippen molar-refractivity contribution in [2.45, 2.75) is 31.6 Å². The molecule has 1 aromatic carbocycles. The van der Waals surface area contributed by atoms with Gasteiger partial charge < -0.3 is 9.47 Å². The van der Waals surface area contributed by atoms with Crippen LogP contribution >= 0.6 is 0 Å². The molecular weight excluding hydrogens is 292 g/mol. The van der Waals surface area contributed by atoms with Crippen LogP contribution in [0.5, 0.6) is 0 Å². The van der Waals surface area contributed by atoms with E-state index in [9.17, 15) is 8.42 Å².